The highest BCUT2D eigenvalue weighted by atomic mass is 33.1. The number of carbonyl (C=O) groups is 4. The Kier molecular flexibility index (Phi) is 26.3. The summed E-state index contributed by atoms with van der Waals surface area (Å²) in [7, 11) is 2.41. The minimum atomic E-state index is -1.07. The molecular formula is C17H37N5O8S3. The summed E-state index contributed by atoms with van der Waals surface area (Å²) in [6.07, 6.45) is 4.64. The average molecular weight is 536 g/mol. The van der Waals surface area contributed by atoms with Crippen molar-refractivity contribution < 1.29 is 39.6 Å². The van der Waals surface area contributed by atoms with E-state index in [0.717, 1.165) is 18.6 Å². The van der Waals surface area contributed by atoms with Gasteiger partial charge < -0.3 is 49.1 Å². The highest BCUT2D eigenvalue weighted by Crippen LogP contribution is 2.22. The van der Waals surface area contributed by atoms with Crippen LogP contribution in [0.1, 0.15) is 25.7 Å². The molecule has 16 heteroatoms. The maximum absolute atomic E-state index is 10.3. The van der Waals surface area contributed by atoms with Crippen molar-refractivity contribution in [3.63, 3.8) is 0 Å². The molecule has 33 heavy (non-hydrogen) atoms. The van der Waals surface area contributed by atoms with Crippen LogP contribution in [0.5, 0.6) is 0 Å². The first-order valence-corrected chi connectivity index (χ1v) is 13.6. The van der Waals surface area contributed by atoms with Gasteiger partial charge in [0.2, 0.25) is 0 Å². The van der Waals surface area contributed by atoms with Crippen LogP contribution >= 0.6 is 33.3 Å². The third-order valence-corrected chi connectivity index (χ3v) is 6.57. The number of carboxylic acid groups (broad SMARTS) is 4. The molecule has 0 bridgehead atoms. The molecule has 0 aromatic rings. The Bertz CT molecular complexity index is 541. The Morgan fingerprint density at radius 3 is 1.33 bits per heavy atom. The van der Waals surface area contributed by atoms with E-state index >= 15 is 0 Å². The lowest BCUT2D eigenvalue weighted by Crippen LogP contribution is -2.33. The van der Waals surface area contributed by atoms with Crippen LogP contribution in [0.2, 0.25) is 0 Å². The van der Waals surface area contributed by atoms with Crippen molar-refractivity contribution in [1.29, 1.82) is 0 Å². The van der Waals surface area contributed by atoms with E-state index in [2.05, 4.69) is 0 Å². The molecule has 0 aliphatic carbocycles. The van der Waals surface area contributed by atoms with Gasteiger partial charge in [0.25, 0.3) is 0 Å². The van der Waals surface area contributed by atoms with Crippen LogP contribution in [-0.2, 0) is 19.2 Å². The maximum Gasteiger partial charge on any atom is 0.321 e. The molecular weight excluding hydrogens is 498 g/mol. The van der Waals surface area contributed by atoms with E-state index in [-0.39, 0.29) is 11.5 Å². The summed E-state index contributed by atoms with van der Waals surface area (Å²) in [5.41, 5.74) is 26.0. The molecule has 0 radical (unpaired) electrons. The number of unbranched alkanes of at least 4 members (excludes halogenated alkanes) is 1. The van der Waals surface area contributed by atoms with Gasteiger partial charge in [0.15, 0.2) is 0 Å². The summed E-state index contributed by atoms with van der Waals surface area (Å²) in [5.74, 6) is -2.71. The molecule has 0 rings (SSSR count). The summed E-state index contributed by atoms with van der Waals surface area (Å²) in [6.45, 7) is 0.604. The molecule has 0 spiro atoms. The van der Waals surface area contributed by atoms with Crippen LogP contribution in [0.4, 0.5) is 0 Å². The number of aliphatic carboxylic acids is 4. The van der Waals surface area contributed by atoms with Gasteiger partial charge in [-0.15, -0.1) is 0 Å². The van der Waals surface area contributed by atoms with E-state index in [9.17, 15) is 19.2 Å². The molecule has 0 saturated carbocycles. The SMILES string of the molecule is CSCC[C@H](N)C(=O)O.NC(CSSC[C@H](N)C(=O)O)C(=O)O.NCCCC[C@H](N)C(=O)O. The normalized spacial score (nSPS) is 13.8. The number of thioether (sulfide) groups is 1. The predicted molar refractivity (Wildman–Crippen MR) is 133 cm³/mol. The monoisotopic (exact) mass is 535 g/mol. The zero-order valence-electron chi connectivity index (χ0n) is 18.5. The largest absolute Gasteiger partial charge is 0.480 e. The smallest absolute Gasteiger partial charge is 0.321 e. The lowest BCUT2D eigenvalue weighted by Gasteiger charge is -2.07. The Labute approximate surface area is 205 Å². The van der Waals surface area contributed by atoms with Crippen LogP contribution in [0.15, 0.2) is 0 Å². The highest BCUT2D eigenvalue weighted by molar-refractivity contribution is 8.76. The van der Waals surface area contributed by atoms with Crippen molar-refractivity contribution in [1.82, 2.24) is 0 Å². The summed E-state index contributed by atoms with van der Waals surface area (Å²) >= 11 is 1.60. The summed E-state index contributed by atoms with van der Waals surface area (Å²) < 4.78 is 0. The molecule has 14 N–H and O–H groups in total. The molecule has 196 valence electrons. The van der Waals surface area contributed by atoms with E-state index < -0.39 is 48.0 Å². The fourth-order valence-electron chi connectivity index (χ4n) is 1.39. The quantitative estimate of drug-likeness (QED) is 0.0834. The van der Waals surface area contributed by atoms with Gasteiger partial charge in [-0.1, -0.05) is 28.0 Å². The zero-order chi connectivity index (χ0) is 26.4. The van der Waals surface area contributed by atoms with Gasteiger partial charge in [-0.2, -0.15) is 11.8 Å². The standard InChI is InChI=1S/C6H12N2O4S2.C6H14N2O2.C5H11NO2S/c7-3(5(9)10)1-13-14-2-4(8)6(11)12;7-4-2-1-3-5(8)6(9)10;1-9-3-2-4(6)5(7)8/h3-4H,1-2,7-8H2,(H,9,10)(H,11,12);5H,1-4,7-8H2,(H,9,10);4H,2-3,6H2,1H3,(H,7,8)/t3-,4?;5-;4-/m000/s1. The molecule has 4 atom stereocenters. The Hall–Kier alpha value is -1.27. The van der Waals surface area contributed by atoms with Crippen LogP contribution < -0.4 is 28.7 Å². The molecule has 0 saturated heterocycles. The molecule has 0 heterocycles. The first-order valence-electron chi connectivity index (χ1n) is 9.68. The van der Waals surface area contributed by atoms with E-state index in [1.165, 1.54) is 21.6 Å². The first-order chi connectivity index (χ1) is 15.3. The van der Waals surface area contributed by atoms with Gasteiger partial charge in [-0.25, -0.2) is 0 Å². The van der Waals surface area contributed by atoms with Crippen molar-refractivity contribution in [3.05, 3.63) is 0 Å². The Morgan fingerprint density at radius 1 is 0.667 bits per heavy atom. The fraction of sp³-hybridized carbons (Fsp3) is 0.765. The molecule has 0 amide bonds. The third-order valence-electron chi connectivity index (χ3n) is 3.45. The minimum Gasteiger partial charge on any atom is -0.480 e. The summed E-state index contributed by atoms with van der Waals surface area (Å²) in [6, 6.07) is -3.24. The Balaban J connectivity index is -0.000000423. The van der Waals surface area contributed by atoms with Crippen LogP contribution in [0, 0.1) is 0 Å². The van der Waals surface area contributed by atoms with Crippen LogP contribution in [-0.4, -0.2) is 98.5 Å². The van der Waals surface area contributed by atoms with Gasteiger partial charge in [-0.3, -0.25) is 19.2 Å². The van der Waals surface area contributed by atoms with Crippen LogP contribution in [0.3, 0.4) is 0 Å². The van der Waals surface area contributed by atoms with Gasteiger partial charge in [-0.05, 0) is 37.8 Å². The molecule has 0 aliphatic heterocycles. The second-order valence-electron chi connectivity index (χ2n) is 6.41. The number of hydrogen-bond acceptors (Lipinski definition) is 12. The van der Waals surface area contributed by atoms with E-state index in [1.54, 1.807) is 11.8 Å². The molecule has 1 unspecified atom stereocenters. The summed E-state index contributed by atoms with van der Waals surface area (Å²) in [5, 5.41) is 33.4. The molecule has 0 fully saturated rings. The highest BCUT2D eigenvalue weighted by Gasteiger charge is 2.14. The summed E-state index contributed by atoms with van der Waals surface area (Å²) in [4.78, 5) is 40.7. The second kappa shape index (κ2) is 23.9. The van der Waals surface area contributed by atoms with Crippen molar-refractivity contribution in [2.75, 3.05) is 30.1 Å². The van der Waals surface area contributed by atoms with Gasteiger partial charge in [0.1, 0.15) is 24.2 Å². The van der Waals surface area contributed by atoms with Crippen molar-refractivity contribution in [2.45, 2.75) is 49.9 Å². The molecule has 0 aliphatic rings. The van der Waals surface area contributed by atoms with Crippen molar-refractivity contribution in [2.24, 2.45) is 28.7 Å². The van der Waals surface area contributed by atoms with Gasteiger partial charge in [0, 0.05) is 11.5 Å². The van der Waals surface area contributed by atoms with Crippen molar-refractivity contribution in [3.8, 4) is 0 Å². The van der Waals surface area contributed by atoms with Crippen LogP contribution in [0.25, 0.3) is 0 Å². The lowest BCUT2D eigenvalue weighted by atomic mass is 10.1. The molecule has 0 aromatic carbocycles. The minimum absolute atomic E-state index is 0.229. The van der Waals surface area contributed by atoms with E-state index in [4.69, 9.17) is 49.1 Å². The number of nitrogens with two attached hydrogens (primary N) is 5. The van der Waals surface area contributed by atoms with Crippen molar-refractivity contribution >= 4 is 57.2 Å². The number of carboxylic acids is 4. The molecule has 0 aromatic heterocycles. The topological polar surface area (TPSA) is 279 Å². The van der Waals surface area contributed by atoms with Gasteiger partial charge >= 0.3 is 23.9 Å². The third kappa shape index (κ3) is 26.9. The van der Waals surface area contributed by atoms with E-state index in [0.29, 0.717) is 19.4 Å². The van der Waals surface area contributed by atoms with Gasteiger partial charge in [0.05, 0.1) is 0 Å². The zero-order valence-corrected chi connectivity index (χ0v) is 20.9. The maximum atomic E-state index is 10.3. The number of rotatable bonds is 16. The average Bonchev–Trinajstić information content (AvgIpc) is 2.75. The fourth-order valence-corrected chi connectivity index (χ4v) is 4.10. The van der Waals surface area contributed by atoms with E-state index in [1.807, 2.05) is 6.26 Å². The first kappa shape index (κ1) is 36.3. The number of hydrogen-bond donors (Lipinski definition) is 9. The lowest BCUT2D eigenvalue weighted by molar-refractivity contribution is -0.139. The molecule has 13 nitrogen and oxygen atoms in total. The predicted octanol–water partition coefficient (Wildman–Crippen LogP) is -1.13. The Morgan fingerprint density at radius 2 is 1.03 bits per heavy atom. The second-order valence-corrected chi connectivity index (χ2v) is 9.95.